The lowest BCUT2D eigenvalue weighted by atomic mass is 9.94. The number of fused-ring (bicyclic) bond motifs is 1. The molecule has 1 aliphatic rings. The van der Waals surface area contributed by atoms with Gasteiger partial charge in [-0.15, -0.1) is 0 Å². The Morgan fingerprint density at radius 3 is 2.82 bits per heavy atom. The standard InChI is InChI=1S/C11H11ClN4O/c12-10-6-13-9-5-14-16(11(9)15-10)7-1-3-8(17)4-2-7/h5-7H,1-4H2. The molecule has 0 aliphatic heterocycles. The van der Waals surface area contributed by atoms with Gasteiger partial charge in [-0.05, 0) is 12.8 Å². The van der Waals surface area contributed by atoms with Crippen molar-refractivity contribution in [1.29, 1.82) is 0 Å². The summed E-state index contributed by atoms with van der Waals surface area (Å²) in [4.78, 5) is 19.6. The quantitative estimate of drug-likeness (QED) is 0.778. The number of aromatic nitrogens is 4. The maximum Gasteiger partial charge on any atom is 0.178 e. The minimum atomic E-state index is 0.234. The molecule has 3 rings (SSSR count). The van der Waals surface area contributed by atoms with E-state index in [0.717, 1.165) is 18.4 Å². The Morgan fingerprint density at radius 2 is 2.06 bits per heavy atom. The van der Waals surface area contributed by atoms with Gasteiger partial charge in [-0.25, -0.2) is 14.6 Å². The molecule has 0 bridgehead atoms. The van der Waals surface area contributed by atoms with Crippen molar-refractivity contribution < 1.29 is 4.79 Å². The lowest BCUT2D eigenvalue weighted by Crippen LogP contribution is -2.19. The predicted molar refractivity (Wildman–Crippen MR) is 62.8 cm³/mol. The molecule has 0 atom stereocenters. The SMILES string of the molecule is O=C1CCC(n2ncc3ncc(Cl)nc32)CC1. The minimum Gasteiger partial charge on any atom is -0.300 e. The van der Waals surface area contributed by atoms with E-state index in [-0.39, 0.29) is 6.04 Å². The van der Waals surface area contributed by atoms with Crippen LogP contribution in [0.5, 0.6) is 0 Å². The molecule has 1 aliphatic carbocycles. The van der Waals surface area contributed by atoms with Crippen LogP contribution in [-0.2, 0) is 4.79 Å². The molecule has 0 unspecified atom stereocenters. The predicted octanol–water partition coefficient (Wildman–Crippen LogP) is 2.16. The van der Waals surface area contributed by atoms with Gasteiger partial charge in [-0.3, -0.25) is 4.79 Å². The zero-order valence-electron chi connectivity index (χ0n) is 9.14. The summed E-state index contributed by atoms with van der Waals surface area (Å²) in [6.07, 6.45) is 6.10. The fraction of sp³-hybridized carbons (Fsp3) is 0.455. The number of carbonyl (C=O) groups is 1. The maximum atomic E-state index is 11.2. The van der Waals surface area contributed by atoms with Gasteiger partial charge in [0.2, 0.25) is 0 Å². The largest absolute Gasteiger partial charge is 0.300 e. The number of halogens is 1. The first-order chi connectivity index (χ1) is 8.24. The van der Waals surface area contributed by atoms with Gasteiger partial charge < -0.3 is 0 Å². The van der Waals surface area contributed by atoms with Crippen molar-refractivity contribution in [3.05, 3.63) is 17.5 Å². The van der Waals surface area contributed by atoms with Gasteiger partial charge in [0.05, 0.1) is 18.4 Å². The average Bonchev–Trinajstić information content (AvgIpc) is 2.73. The van der Waals surface area contributed by atoms with Crippen LogP contribution in [0.1, 0.15) is 31.7 Å². The van der Waals surface area contributed by atoms with E-state index in [4.69, 9.17) is 11.6 Å². The normalized spacial score (nSPS) is 17.8. The highest BCUT2D eigenvalue weighted by Gasteiger charge is 2.22. The van der Waals surface area contributed by atoms with E-state index in [2.05, 4.69) is 15.1 Å². The summed E-state index contributed by atoms with van der Waals surface area (Å²) >= 11 is 5.84. The van der Waals surface area contributed by atoms with Gasteiger partial charge >= 0.3 is 0 Å². The molecule has 2 heterocycles. The second-order valence-electron chi connectivity index (χ2n) is 4.26. The molecule has 0 N–H and O–H groups in total. The Bertz CT molecular complexity index is 570. The van der Waals surface area contributed by atoms with Crippen LogP contribution in [0.25, 0.3) is 11.2 Å². The van der Waals surface area contributed by atoms with Crippen LogP contribution in [-0.4, -0.2) is 25.5 Å². The molecule has 0 saturated heterocycles. The summed E-state index contributed by atoms with van der Waals surface area (Å²) in [5.74, 6) is 0.335. The van der Waals surface area contributed by atoms with Crippen molar-refractivity contribution in [2.75, 3.05) is 0 Å². The minimum absolute atomic E-state index is 0.234. The molecule has 0 aromatic carbocycles. The molecular formula is C11H11ClN4O. The smallest absolute Gasteiger partial charge is 0.178 e. The molecule has 0 radical (unpaired) electrons. The zero-order chi connectivity index (χ0) is 11.8. The highest BCUT2D eigenvalue weighted by molar-refractivity contribution is 6.29. The zero-order valence-corrected chi connectivity index (χ0v) is 9.89. The third-order valence-corrected chi connectivity index (χ3v) is 3.31. The molecule has 1 saturated carbocycles. The van der Waals surface area contributed by atoms with E-state index >= 15 is 0 Å². The van der Waals surface area contributed by atoms with Crippen LogP contribution >= 0.6 is 11.6 Å². The van der Waals surface area contributed by atoms with Crippen molar-refractivity contribution in [2.24, 2.45) is 0 Å². The molecule has 88 valence electrons. The van der Waals surface area contributed by atoms with Crippen molar-refractivity contribution in [3.8, 4) is 0 Å². The molecule has 5 nitrogen and oxygen atoms in total. The van der Waals surface area contributed by atoms with Crippen LogP contribution in [0.15, 0.2) is 12.4 Å². The number of hydrogen-bond acceptors (Lipinski definition) is 4. The average molecular weight is 251 g/mol. The molecule has 0 spiro atoms. The number of carbonyl (C=O) groups excluding carboxylic acids is 1. The molecule has 6 heteroatoms. The summed E-state index contributed by atoms with van der Waals surface area (Å²) in [5.41, 5.74) is 1.45. The van der Waals surface area contributed by atoms with Gasteiger partial charge in [0.25, 0.3) is 0 Å². The van der Waals surface area contributed by atoms with Gasteiger partial charge in [0.1, 0.15) is 16.5 Å². The van der Waals surface area contributed by atoms with Gasteiger partial charge in [0, 0.05) is 12.8 Å². The highest BCUT2D eigenvalue weighted by Crippen LogP contribution is 2.28. The van der Waals surface area contributed by atoms with Crippen molar-refractivity contribution >= 4 is 28.5 Å². The molecule has 0 amide bonds. The summed E-state index contributed by atoms with van der Waals surface area (Å²) in [5, 5.41) is 4.67. The number of ketones is 1. The number of nitrogens with zero attached hydrogens (tertiary/aromatic N) is 4. The lowest BCUT2D eigenvalue weighted by Gasteiger charge is -2.21. The monoisotopic (exact) mass is 250 g/mol. The van der Waals surface area contributed by atoms with Gasteiger partial charge in [-0.1, -0.05) is 11.6 Å². The first-order valence-corrected chi connectivity index (χ1v) is 5.99. The Hall–Kier alpha value is -1.49. The molecule has 17 heavy (non-hydrogen) atoms. The van der Waals surface area contributed by atoms with E-state index in [1.165, 1.54) is 6.20 Å². The van der Waals surface area contributed by atoms with Crippen LogP contribution in [0.3, 0.4) is 0 Å². The number of rotatable bonds is 1. The summed E-state index contributed by atoms with van der Waals surface area (Å²) in [6, 6.07) is 0.234. The first-order valence-electron chi connectivity index (χ1n) is 5.61. The summed E-state index contributed by atoms with van der Waals surface area (Å²) < 4.78 is 1.85. The fourth-order valence-corrected chi connectivity index (χ4v) is 2.36. The Labute approximate surface area is 103 Å². The van der Waals surface area contributed by atoms with Crippen LogP contribution < -0.4 is 0 Å². The Morgan fingerprint density at radius 1 is 1.29 bits per heavy atom. The second kappa shape index (κ2) is 4.07. The molecular weight excluding hydrogens is 240 g/mol. The second-order valence-corrected chi connectivity index (χ2v) is 4.65. The summed E-state index contributed by atoms with van der Waals surface area (Å²) in [7, 11) is 0. The van der Waals surface area contributed by atoms with E-state index in [1.807, 2.05) is 4.68 Å². The van der Waals surface area contributed by atoms with E-state index in [1.54, 1.807) is 6.20 Å². The van der Waals surface area contributed by atoms with E-state index in [9.17, 15) is 4.79 Å². The van der Waals surface area contributed by atoms with Crippen molar-refractivity contribution in [2.45, 2.75) is 31.7 Å². The lowest BCUT2D eigenvalue weighted by molar-refractivity contribution is -0.120. The third-order valence-electron chi connectivity index (χ3n) is 3.13. The van der Waals surface area contributed by atoms with E-state index < -0.39 is 0 Å². The summed E-state index contributed by atoms with van der Waals surface area (Å²) in [6.45, 7) is 0. The number of Topliss-reactive ketones (excluding diaryl/α,β-unsaturated/α-hetero) is 1. The highest BCUT2D eigenvalue weighted by atomic mass is 35.5. The van der Waals surface area contributed by atoms with Crippen LogP contribution in [0, 0.1) is 0 Å². The topological polar surface area (TPSA) is 60.7 Å². The van der Waals surface area contributed by atoms with Crippen molar-refractivity contribution in [1.82, 2.24) is 19.7 Å². The molecule has 1 fully saturated rings. The fourth-order valence-electron chi connectivity index (χ4n) is 2.24. The molecule has 2 aromatic rings. The Balaban J connectivity index is 1.99. The van der Waals surface area contributed by atoms with Gasteiger partial charge in [0.15, 0.2) is 5.65 Å². The van der Waals surface area contributed by atoms with Gasteiger partial charge in [-0.2, -0.15) is 5.10 Å². The third kappa shape index (κ3) is 1.91. The van der Waals surface area contributed by atoms with Crippen LogP contribution in [0.2, 0.25) is 5.15 Å². The van der Waals surface area contributed by atoms with Crippen molar-refractivity contribution in [3.63, 3.8) is 0 Å². The Kier molecular flexibility index (Phi) is 2.55. The first kappa shape index (κ1) is 10.7. The van der Waals surface area contributed by atoms with Crippen LogP contribution in [0.4, 0.5) is 0 Å². The maximum absolute atomic E-state index is 11.2. The van der Waals surface area contributed by atoms with E-state index in [0.29, 0.717) is 29.4 Å². The molecule has 2 aromatic heterocycles. The number of hydrogen-bond donors (Lipinski definition) is 0.